The van der Waals surface area contributed by atoms with E-state index in [1.54, 1.807) is 32.9 Å². The molecule has 1 aromatic rings. The summed E-state index contributed by atoms with van der Waals surface area (Å²) in [6.45, 7) is 6.05. The Balaban J connectivity index is 2.19. The lowest BCUT2D eigenvalue weighted by Gasteiger charge is -2.40. The minimum Gasteiger partial charge on any atom is -0.481 e. The molecular weight excluding hydrogens is 330 g/mol. The minimum atomic E-state index is -1.01. The summed E-state index contributed by atoms with van der Waals surface area (Å²) in [5.74, 6) is -0.893. The lowest BCUT2D eigenvalue weighted by molar-refractivity contribution is -0.152. The van der Waals surface area contributed by atoms with Crippen molar-refractivity contribution < 1.29 is 19.4 Å². The SMILES string of the molecule is CC(C)(C)OC(=O)N1CCC[C@](Cc2cccc(Cl)c2)(C(=O)O)C1. The smallest absolute Gasteiger partial charge is 0.410 e. The molecule has 2 rings (SSSR count). The summed E-state index contributed by atoms with van der Waals surface area (Å²) in [5.41, 5.74) is -0.761. The molecule has 24 heavy (non-hydrogen) atoms. The molecule has 1 saturated heterocycles. The van der Waals surface area contributed by atoms with Gasteiger partial charge in [0.05, 0.1) is 5.41 Å². The zero-order chi connectivity index (χ0) is 18.0. The Kier molecular flexibility index (Phi) is 5.43. The van der Waals surface area contributed by atoms with Gasteiger partial charge >= 0.3 is 12.1 Å². The Morgan fingerprint density at radius 2 is 2.08 bits per heavy atom. The molecule has 0 unspecified atom stereocenters. The topological polar surface area (TPSA) is 66.8 Å². The summed E-state index contributed by atoms with van der Waals surface area (Å²) in [5, 5.41) is 10.4. The van der Waals surface area contributed by atoms with E-state index < -0.39 is 23.1 Å². The second kappa shape index (κ2) is 7.01. The molecule has 1 N–H and O–H groups in total. The zero-order valence-electron chi connectivity index (χ0n) is 14.3. The molecule has 0 saturated carbocycles. The number of hydrogen-bond donors (Lipinski definition) is 1. The van der Waals surface area contributed by atoms with Gasteiger partial charge in [0.25, 0.3) is 0 Å². The van der Waals surface area contributed by atoms with Crippen LogP contribution in [0.3, 0.4) is 0 Å². The van der Waals surface area contributed by atoms with Gasteiger partial charge in [-0.1, -0.05) is 23.7 Å². The maximum atomic E-state index is 12.3. The van der Waals surface area contributed by atoms with Crippen molar-refractivity contribution in [2.75, 3.05) is 13.1 Å². The van der Waals surface area contributed by atoms with Crippen molar-refractivity contribution in [1.82, 2.24) is 4.90 Å². The molecule has 6 heteroatoms. The number of carbonyl (C=O) groups is 2. The first kappa shape index (κ1) is 18.6. The van der Waals surface area contributed by atoms with Gasteiger partial charge in [0.1, 0.15) is 5.60 Å². The minimum absolute atomic E-state index is 0.143. The molecule has 1 atom stereocenters. The molecule has 5 nitrogen and oxygen atoms in total. The van der Waals surface area contributed by atoms with Gasteiger partial charge in [0.2, 0.25) is 0 Å². The number of aliphatic carboxylic acids is 1. The van der Waals surface area contributed by atoms with E-state index in [4.69, 9.17) is 16.3 Å². The number of ether oxygens (including phenoxy) is 1. The number of hydrogen-bond acceptors (Lipinski definition) is 3. The van der Waals surface area contributed by atoms with Crippen LogP contribution in [0.2, 0.25) is 5.02 Å². The molecule has 1 aliphatic heterocycles. The highest BCUT2D eigenvalue weighted by atomic mass is 35.5. The second-order valence-corrected chi connectivity index (χ2v) is 7.83. The van der Waals surface area contributed by atoms with Gasteiger partial charge in [-0.15, -0.1) is 0 Å². The summed E-state index contributed by atoms with van der Waals surface area (Å²) in [6, 6.07) is 7.20. The highest BCUT2D eigenvalue weighted by molar-refractivity contribution is 6.30. The van der Waals surface area contributed by atoms with Gasteiger partial charge in [0, 0.05) is 18.1 Å². The van der Waals surface area contributed by atoms with Crippen molar-refractivity contribution >= 4 is 23.7 Å². The lowest BCUT2D eigenvalue weighted by atomic mass is 9.75. The van der Waals surface area contributed by atoms with Crippen molar-refractivity contribution in [3.8, 4) is 0 Å². The number of carboxylic acids is 1. The molecule has 0 bridgehead atoms. The van der Waals surface area contributed by atoms with Crippen LogP contribution in [0.25, 0.3) is 0 Å². The molecule has 1 aromatic carbocycles. The summed E-state index contributed by atoms with van der Waals surface area (Å²) in [6.07, 6.45) is 1.03. The molecule has 1 aliphatic rings. The first-order chi connectivity index (χ1) is 11.1. The molecule has 0 radical (unpaired) electrons. The van der Waals surface area contributed by atoms with Crippen molar-refractivity contribution in [1.29, 1.82) is 0 Å². The monoisotopic (exact) mass is 353 g/mol. The van der Waals surface area contributed by atoms with Crippen molar-refractivity contribution in [3.05, 3.63) is 34.9 Å². The summed E-state index contributed by atoms with van der Waals surface area (Å²) in [7, 11) is 0. The standard InChI is InChI=1S/C18H24ClNO4/c1-17(2,3)24-16(23)20-9-5-8-18(12-20,15(21)22)11-13-6-4-7-14(19)10-13/h4,6-7,10H,5,8-9,11-12H2,1-3H3,(H,21,22)/t18-/m1/s1. The van der Waals surface area contributed by atoms with E-state index in [0.717, 1.165) is 5.56 Å². The van der Waals surface area contributed by atoms with E-state index in [2.05, 4.69) is 0 Å². The predicted octanol–water partition coefficient (Wildman–Crippen LogP) is 3.98. The molecule has 0 aliphatic carbocycles. The van der Waals surface area contributed by atoms with Crippen molar-refractivity contribution in [3.63, 3.8) is 0 Å². The third-order valence-corrected chi connectivity index (χ3v) is 4.35. The van der Waals surface area contributed by atoms with Crippen LogP contribution in [0.5, 0.6) is 0 Å². The molecule has 1 amide bonds. The predicted molar refractivity (Wildman–Crippen MR) is 92.3 cm³/mol. The molecule has 132 valence electrons. The van der Waals surface area contributed by atoms with Gasteiger partial charge in [-0.05, 0) is 57.7 Å². The Labute approximate surface area is 147 Å². The molecule has 1 heterocycles. The van der Waals surface area contributed by atoms with Gasteiger partial charge in [-0.2, -0.15) is 0 Å². The lowest BCUT2D eigenvalue weighted by Crippen LogP contribution is -2.52. The fourth-order valence-corrected chi connectivity index (χ4v) is 3.26. The number of carboxylic acid groups (broad SMARTS) is 1. The second-order valence-electron chi connectivity index (χ2n) is 7.40. The van der Waals surface area contributed by atoms with Gasteiger partial charge in [-0.3, -0.25) is 4.79 Å². The van der Waals surface area contributed by atoms with Crippen LogP contribution < -0.4 is 0 Å². The highest BCUT2D eigenvalue weighted by Gasteiger charge is 2.44. The Morgan fingerprint density at radius 1 is 1.38 bits per heavy atom. The van der Waals surface area contributed by atoms with Gasteiger partial charge in [-0.25, -0.2) is 4.79 Å². The van der Waals surface area contributed by atoms with E-state index in [-0.39, 0.29) is 6.54 Å². The number of halogens is 1. The van der Waals surface area contributed by atoms with Gasteiger partial charge < -0.3 is 14.7 Å². The number of likely N-dealkylation sites (tertiary alicyclic amines) is 1. The number of rotatable bonds is 3. The fourth-order valence-electron chi connectivity index (χ4n) is 3.05. The first-order valence-electron chi connectivity index (χ1n) is 8.07. The maximum Gasteiger partial charge on any atom is 0.410 e. The number of piperidine rings is 1. The van der Waals surface area contributed by atoms with Gasteiger partial charge in [0.15, 0.2) is 0 Å². The van der Waals surface area contributed by atoms with Crippen molar-refractivity contribution in [2.45, 2.75) is 45.6 Å². The fraction of sp³-hybridized carbons (Fsp3) is 0.556. The van der Waals surface area contributed by atoms with Crippen LogP contribution in [0.4, 0.5) is 4.79 Å². The van der Waals surface area contributed by atoms with Crippen LogP contribution in [0.1, 0.15) is 39.2 Å². The number of carbonyl (C=O) groups excluding carboxylic acids is 1. The largest absolute Gasteiger partial charge is 0.481 e. The zero-order valence-corrected chi connectivity index (χ0v) is 15.1. The van der Waals surface area contributed by atoms with Crippen LogP contribution >= 0.6 is 11.6 Å². The normalized spacial score (nSPS) is 21.4. The quantitative estimate of drug-likeness (QED) is 0.892. The molecule has 0 aromatic heterocycles. The summed E-state index contributed by atoms with van der Waals surface area (Å²) in [4.78, 5) is 25.8. The third-order valence-electron chi connectivity index (χ3n) is 4.11. The van der Waals surface area contributed by atoms with E-state index >= 15 is 0 Å². The Morgan fingerprint density at radius 3 is 2.67 bits per heavy atom. The highest BCUT2D eigenvalue weighted by Crippen LogP contribution is 2.35. The van der Waals surface area contributed by atoms with Crippen LogP contribution in [0.15, 0.2) is 24.3 Å². The van der Waals surface area contributed by atoms with Crippen molar-refractivity contribution in [2.24, 2.45) is 5.41 Å². The number of benzene rings is 1. The Bertz CT molecular complexity index is 626. The number of nitrogens with zero attached hydrogens (tertiary/aromatic N) is 1. The molecule has 1 fully saturated rings. The molecule has 0 spiro atoms. The maximum absolute atomic E-state index is 12.3. The average Bonchev–Trinajstić information content (AvgIpc) is 2.45. The van der Waals surface area contributed by atoms with Crippen LogP contribution in [-0.2, 0) is 16.0 Å². The molecular formula is C18H24ClNO4. The third kappa shape index (κ3) is 4.63. The van der Waals surface area contributed by atoms with E-state index in [1.165, 1.54) is 4.90 Å². The van der Waals surface area contributed by atoms with Crippen LogP contribution in [-0.4, -0.2) is 40.8 Å². The summed E-state index contributed by atoms with van der Waals surface area (Å²) < 4.78 is 5.39. The first-order valence-corrected chi connectivity index (χ1v) is 8.45. The van der Waals surface area contributed by atoms with E-state index in [9.17, 15) is 14.7 Å². The number of amides is 1. The summed E-state index contributed by atoms with van der Waals surface area (Å²) >= 11 is 6.01. The van der Waals surface area contributed by atoms with E-state index in [1.807, 2.05) is 12.1 Å². The average molecular weight is 354 g/mol. The van der Waals surface area contributed by atoms with Crippen LogP contribution in [0, 0.1) is 5.41 Å². The van der Waals surface area contributed by atoms with E-state index in [0.29, 0.717) is 30.8 Å². The Hall–Kier alpha value is -1.75.